The predicted octanol–water partition coefficient (Wildman–Crippen LogP) is 4.96. The van der Waals surface area contributed by atoms with E-state index in [4.69, 9.17) is 11.7 Å². The summed E-state index contributed by atoms with van der Waals surface area (Å²) in [5.41, 5.74) is 5.95. The van der Waals surface area contributed by atoms with Crippen LogP contribution in [-0.2, 0) is 6.54 Å². The van der Waals surface area contributed by atoms with Gasteiger partial charge in [-0.05, 0) is 23.1 Å². The Labute approximate surface area is 181 Å². The van der Waals surface area contributed by atoms with Crippen LogP contribution in [0.15, 0.2) is 53.4 Å². The summed E-state index contributed by atoms with van der Waals surface area (Å²) in [6, 6.07) is 15.7. The molecule has 8 heteroatoms. The molecule has 4 aromatic rings. The molecule has 0 saturated heterocycles. The Morgan fingerprint density at radius 3 is 2.77 bits per heavy atom. The largest absolute Gasteiger partial charge is 0.324 e. The van der Waals surface area contributed by atoms with Crippen molar-refractivity contribution in [2.75, 3.05) is 11.9 Å². The van der Waals surface area contributed by atoms with Crippen LogP contribution in [-0.4, -0.2) is 27.4 Å². The molecule has 2 amide bonds. The third kappa shape index (κ3) is 4.15. The summed E-state index contributed by atoms with van der Waals surface area (Å²) in [6.45, 7) is 0.260. The number of fused-ring (bicyclic) bond motifs is 1. The Kier molecular flexibility index (Phi) is 5.71. The normalized spacial score (nSPS) is 10.3. The molecule has 0 spiro atoms. The van der Waals surface area contributed by atoms with Gasteiger partial charge in [-0.2, -0.15) is 5.26 Å². The zero-order valence-corrected chi connectivity index (χ0v) is 17.3. The SMILES string of the molecule is C#Cc1nc(NC(=O)N(CC#N)Cc2ccc(-c3cccc4ncsc34)cc2)cs1. The molecule has 2 aromatic carbocycles. The molecule has 146 valence electrons. The van der Waals surface area contributed by atoms with Crippen molar-refractivity contribution in [3.05, 3.63) is 63.9 Å². The number of carbonyl (C=O) groups excluding carboxylic acids is 1. The summed E-state index contributed by atoms with van der Waals surface area (Å²) >= 11 is 2.89. The maximum Gasteiger partial charge on any atom is 0.324 e. The van der Waals surface area contributed by atoms with Gasteiger partial charge in [0.25, 0.3) is 0 Å². The number of benzene rings is 2. The maximum absolute atomic E-state index is 12.6. The first kappa shape index (κ1) is 19.6. The first-order valence-corrected chi connectivity index (χ1v) is 10.7. The Morgan fingerprint density at radius 2 is 2.03 bits per heavy atom. The molecule has 0 unspecified atom stereocenters. The number of aromatic nitrogens is 2. The number of nitrogens with zero attached hydrogens (tertiary/aromatic N) is 4. The summed E-state index contributed by atoms with van der Waals surface area (Å²) in [4.78, 5) is 22.5. The average Bonchev–Trinajstić information content (AvgIpc) is 3.43. The Balaban J connectivity index is 1.50. The van der Waals surface area contributed by atoms with Crippen molar-refractivity contribution < 1.29 is 4.79 Å². The number of anilines is 1. The van der Waals surface area contributed by atoms with Gasteiger partial charge in [-0.3, -0.25) is 5.32 Å². The maximum atomic E-state index is 12.6. The van der Waals surface area contributed by atoms with Crippen LogP contribution in [0.25, 0.3) is 21.3 Å². The number of hydrogen-bond acceptors (Lipinski definition) is 6. The first-order valence-electron chi connectivity index (χ1n) is 8.94. The molecule has 2 heterocycles. The fourth-order valence-corrected chi connectivity index (χ4v) is 4.37. The number of amides is 2. The second kappa shape index (κ2) is 8.75. The van der Waals surface area contributed by atoms with Crippen molar-refractivity contribution in [1.29, 1.82) is 5.26 Å². The van der Waals surface area contributed by atoms with E-state index in [0.29, 0.717) is 17.4 Å². The number of thiazole rings is 2. The van der Waals surface area contributed by atoms with Crippen molar-refractivity contribution >= 4 is 44.7 Å². The van der Waals surface area contributed by atoms with E-state index >= 15 is 0 Å². The van der Waals surface area contributed by atoms with Gasteiger partial charge in [-0.15, -0.1) is 29.1 Å². The van der Waals surface area contributed by atoms with Crippen LogP contribution >= 0.6 is 22.7 Å². The molecule has 6 nitrogen and oxygen atoms in total. The smallest absolute Gasteiger partial charge is 0.307 e. The lowest BCUT2D eigenvalue weighted by atomic mass is 10.0. The van der Waals surface area contributed by atoms with E-state index in [9.17, 15) is 4.79 Å². The first-order chi connectivity index (χ1) is 14.7. The Hall–Kier alpha value is -3.72. The van der Waals surface area contributed by atoms with Crippen molar-refractivity contribution in [3.8, 4) is 29.5 Å². The molecule has 1 N–H and O–H groups in total. The monoisotopic (exact) mass is 429 g/mol. The van der Waals surface area contributed by atoms with E-state index in [2.05, 4.69) is 27.3 Å². The summed E-state index contributed by atoms with van der Waals surface area (Å²) in [7, 11) is 0. The lowest BCUT2D eigenvalue weighted by Crippen LogP contribution is -2.34. The topological polar surface area (TPSA) is 81.9 Å². The molecule has 0 aliphatic heterocycles. The zero-order valence-electron chi connectivity index (χ0n) is 15.7. The molecule has 0 radical (unpaired) electrons. The minimum Gasteiger partial charge on any atom is -0.307 e. The number of hydrogen-bond donors (Lipinski definition) is 1. The molecular weight excluding hydrogens is 414 g/mol. The number of nitrogens with one attached hydrogen (secondary N) is 1. The van der Waals surface area contributed by atoms with Crippen LogP contribution in [0.3, 0.4) is 0 Å². The number of urea groups is 1. The fourth-order valence-electron chi connectivity index (χ4n) is 2.99. The Bertz CT molecular complexity index is 1280. The third-order valence-electron chi connectivity index (χ3n) is 4.41. The highest BCUT2D eigenvalue weighted by Crippen LogP contribution is 2.31. The second-order valence-corrected chi connectivity index (χ2v) is 8.04. The second-order valence-electron chi connectivity index (χ2n) is 6.33. The minimum atomic E-state index is -0.399. The van der Waals surface area contributed by atoms with Gasteiger partial charge in [-0.25, -0.2) is 14.8 Å². The van der Waals surface area contributed by atoms with Gasteiger partial charge in [0, 0.05) is 17.5 Å². The van der Waals surface area contributed by atoms with E-state index in [1.165, 1.54) is 16.2 Å². The highest BCUT2D eigenvalue weighted by Gasteiger charge is 2.15. The van der Waals surface area contributed by atoms with E-state index in [0.717, 1.165) is 26.9 Å². The molecule has 0 aliphatic carbocycles. The van der Waals surface area contributed by atoms with Crippen LogP contribution in [0.2, 0.25) is 0 Å². The third-order valence-corrected chi connectivity index (χ3v) is 6.06. The lowest BCUT2D eigenvalue weighted by molar-refractivity contribution is 0.215. The van der Waals surface area contributed by atoms with Gasteiger partial charge in [0.2, 0.25) is 0 Å². The van der Waals surface area contributed by atoms with E-state index < -0.39 is 6.03 Å². The summed E-state index contributed by atoms with van der Waals surface area (Å²) in [6.07, 6.45) is 5.31. The molecule has 0 bridgehead atoms. The minimum absolute atomic E-state index is 0.0418. The standard InChI is InChI=1S/C22H15N5OS2/c1-2-20-25-19(13-29-20)26-22(28)27(11-10-23)12-15-6-8-16(9-7-15)17-4-3-5-18-21(17)30-14-24-18/h1,3-9,13-14H,11-12H2,(H,26,28). The molecule has 30 heavy (non-hydrogen) atoms. The van der Waals surface area contributed by atoms with E-state index in [1.54, 1.807) is 16.7 Å². The summed E-state index contributed by atoms with van der Waals surface area (Å²) in [5, 5.41) is 14.0. The van der Waals surface area contributed by atoms with Crippen molar-refractivity contribution in [3.63, 3.8) is 0 Å². The van der Waals surface area contributed by atoms with Crippen molar-refractivity contribution in [2.45, 2.75) is 6.54 Å². The number of nitriles is 1. The van der Waals surface area contributed by atoms with Gasteiger partial charge >= 0.3 is 6.03 Å². The molecule has 0 saturated carbocycles. The fraction of sp³-hybridized carbons (Fsp3) is 0.0909. The van der Waals surface area contributed by atoms with Crippen molar-refractivity contribution in [1.82, 2.24) is 14.9 Å². The lowest BCUT2D eigenvalue weighted by Gasteiger charge is -2.19. The summed E-state index contributed by atoms with van der Waals surface area (Å²) < 4.78 is 1.14. The molecule has 0 aliphatic rings. The predicted molar refractivity (Wildman–Crippen MR) is 120 cm³/mol. The highest BCUT2D eigenvalue weighted by molar-refractivity contribution is 7.17. The van der Waals surface area contributed by atoms with Crippen LogP contribution < -0.4 is 5.32 Å². The van der Waals surface area contributed by atoms with E-state index in [-0.39, 0.29) is 6.54 Å². The van der Waals surface area contributed by atoms with E-state index in [1.807, 2.05) is 48.0 Å². The summed E-state index contributed by atoms with van der Waals surface area (Å²) in [5.74, 6) is 2.81. The number of carbonyl (C=O) groups is 1. The van der Waals surface area contributed by atoms with Gasteiger partial charge in [-0.1, -0.05) is 36.4 Å². The average molecular weight is 430 g/mol. The Morgan fingerprint density at radius 1 is 1.20 bits per heavy atom. The van der Waals surface area contributed by atoms with Crippen LogP contribution in [0.4, 0.5) is 10.6 Å². The zero-order chi connectivity index (χ0) is 20.9. The van der Waals surface area contributed by atoms with Crippen LogP contribution in [0.5, 0.6) is 0 Å². The highest BCUT2D eigenvalue weighted by atomic mass is 32.1. The van der Waals surface area contributed by atoms with Gasteiger partial charge in [0.1, 0.15) is 12.4 Å². The van der Waals surface area contributed by atoms with Crippen LogP contribution in [0, 0.1) is 23.7 Å². The molecule has 0 fully saturated rings. The molecule has 2 aromatic heterocycles. The molecule has 4 rings (SSSR count). The van der Waals surface area contributed by atoms with Gasteiger partial charge < -0.3 is 4.90 Å². The van der Waals surface area contributed by atoms with Gasteiger partial charge in [0.15, 0.2) is 5.01 Å². The molecular formula is C22H15N5OS2. The molecule has 0 atom stereocenters. The number of rotatable bonds is 5. The number of terminal acetylenes is 1. The van der Waals surface area contributed by atoms with Crippen LogP contribution in [0.1, 0.15) is 10.6 Å². The van der Waals surface area contributed by atoms with Crippen molar-refractivity contribution in [2.24, 2.45) is 0 Å². The van der Waals surface area contributed by atoms with Gasteiger partial charge in [0.05, 0.1) is 21.8 Å². The quantitative estimate of drug-likeness (QED) is 0.359.